The Morgan fingerprint density at radius 3 is 2.83 bits per heavy atom. The first kappa shape index (κ1) is 10.7. The largest absolute Gasteiger partial charge is 0.298 e. The second-order valence-electron chi connectivity index (χ2n) is 4.11. The molecule has 0 bridgehead atoms. The molecule has 0 saturated heterocycles. The predicted octanol–water partition coefficient (Wildman–Crippen LogP) is 2.05. The lowest BCUT2D eigenvalue weighted by Crippen LogP contribution is -2.23. The zero-order valence-electron chi connectivity index (χ0n) is 9.54. The van der Waals surface area contributed by atoms with Gasteiger partial charge in [0.1, 0.15) is 12.1 Å². The smallest absolute Gasteiger partial charge is 0.260 e. The van der Waals surface area contributed by atoms with E-state index in [0.717, 1.165) is 11.8 Å². The number of hydrogen-bond acceptors (Lipinski definition) is 3. The normalized spacial score (nSPS) is 13.6. The van der Waals surface area contributed by atoms with Gasteiger partial charge in [-0.1, -0.05) is 12.1 Å². The van der Waals surface area contributed by atoms with Crippen LogP contribution in [-0.2, 0) is 6.54 Å². The van der Waals surface area contributed by atoms with E-state index in [4.69, 9.17) is 0 Å². The molecule has 1 amide bonds. The molecule has 3 rings (SSSR count). The molecule has 0 unspecified atom stereocenters. The van der Waals surface area contributed by atoms with Crippen LogP contribution < -0.4 is 4.90 Å². The summed E-state index contributed by atoms with van der Waals surface area (Å²) in [6.45, 7) is 0.465. The minimum Gasteiger partial charge on any atom is -0.298 e. The van der Waals surface area contributed by atoms with Crippen LogP contribution in [0.5, 0.6) is 0 Å². The maximum absolute atomic E-state index is 12.2. The average Bonchev–Trinajstić information content (AvgIpc) is 2.76. The summed E-state index contributed by atoms with van der Waals surface area (Å²) in [4.78, 5) is 28.7. The van der Waals surface area contributed by atoms with Crippen LogP contribution >= 0.6 is 0 Å². The third-order valence-electron chi connectivity index (χ3n) is 3.00. The van der Waals surface area contributed by atoms with E-state index in [1.165, 1.54) is 0 Å². The van der Waals surface area contributed by atoms with Gasteiger partial charge in [-0.05, 0) is 29.8 Å². The van der Waals surface area contributed by atoms with Crippen LogP contribution in [0, 0.1) is 0 Å². The first-order valence-corrected chi connectivity index (χ1v) is 5.60. The van der Waals surface area contributed by atoms with Gasteiger partial charge in [0.15, 0.2) is 0 Å². The molecule has 0 saturated carbocycles. The maximum Gasteiger partial charge on any atom is 0.260 e. The Balaban J connectivity index is 2.01. The van der Waals surface area contributed by atoms with Crippen molar-refractivity contribution in [3.63, 3.8) is 0 Å². The molecule has 18 heavy (non-hydrogen) atoms. The van der Waals surface area contributed by atoms with Crippen LogP contribution in [-0.4, -0.2) is 17.2 Å². The molecule has 4 heteroatoms. The highest BCUT2D eigenvalue weighted by Crippen LogP contribution is 2.27. The molecule has 0 atom stereocenters. The fourth-order valence-corrected chi connectivity index (χ4v) is 2.11. The fourth-order valence-electron chi connectivity index (χ4n) is 2.11. The monoisotopic (exact) mass is 238 g/mol. The molecule has 2 aromatic rings. The highest BCUT2D eigenvalue weighted by atomic mass is 16.2. The molecule has 0 radical (unpaired) electrons. The van der Waals surface area contributed by atoms with Gasteiger partial charge in [0, 0.05) is 17.3 Å². The summed E-state index contributed by atoms with van der Waals surface area (Å²) < 4.78 is 0. The van der Waals surface area contributed by atoms with E-state index in [1.54, 1.807) is 35.4 Å². The van der Waals surface area contributed by atoms with Gasteiger partial charge in [-0.2, -0.15) is 0 Å². The molecular formula is C14H10N2O2. The van der Waals surface area contributed by atoms with E-state index in [2.05, 4.69) is 4.98 Å². The number of fused-ring (bicyclic) bond motifs is 1. The number of hydrogen-bond donors (Lipinski definition) is 0. The zero-order chi connectivity index (χ0) is 12.5. The second-order valence-corrected chi connectivity index (χ2v) is 4.11. The summed E-state index contributed by atoms with van der Waals surface area (Å²) in [7, 11) is 0. The number of anilines is 1. The Morgan fingerprint density at radius 1 is 1.22 bits per heavy atom. The summed E-state index contributed by atoms with van der Waals surface area (Å²) in [6, 6.07) is 10.6. The molecule has 0 aliphatic carbocycles. The number of rotatable bonds is 2. The van der Waals surface area contributed by atoms with E-state index in [1.807, 2.05) is 12.1 Å². The van der Waals surface area contributed by atoms with E-state index in [9.17, 15) is 9.59 Å². The van der Waals surface area contributed by atoms with Crippen molar-refractivity contribution >= 4 is 18.0 Å². The van der Waals surface area contributed by atoms with Gasteiger partial charge >= 0.3 is 0 Å². The van der Waals surface area contributed by atoms with Crippen molar-refractivity contribution in [2.45, 2.75) is 6.54 Å². The van der Waals surface area contributed by atoms with Gasteiger partial charge in [-0.25, -0.2) is 4.98 Å². The third-order valence-corrected chi connectivity index (χ3v) is 3.00. The highest BCUT2D eigenvalue weighted by Gasteiger charge is 2.29. The van der Waals surface area contributed by atoms with Crippen molar-refractivity contribution in [2.24, 2.45) is 0 Å². The highest BCUT2D eigenvalue weighted by molar-refractivity contribution is 6.09. The molecule has 88 valence electrons. The van der Waals surface area contributed by atoms with Crippen LogP contribution in [0.25, 0.3) is 0 Å². The quantitative estimate of drug-likeness (QED) is 0.752. The average molecular weight is 238 g/mol. The van der Waals surface area contributed by atoms with E-state index in [-0.39, 0.29) is 5.91 Å². The van der Waals surface area contributed by atoms with Gasteiger partial charge in [-0.15, -0.1) is 0 Å². The molecule has 1 aromatic carbocycles. The Morgan fingerprint density at radius 2 is 2.11 bits per heavy atom. The molecule has 0 N–H and O–H groups in total. The number of amides is 1. The third kappa shape index (κ3) is 1.59. The number of benzene rings is 1. The first-order chi connectivity index (χ1) is 8.79. The minimum atomic E-state index is -0.0684. The summed E-state index contributed by atoms with van der Waals surface area (Å²) in [5, 5.41) is 0. The van der Waals surface area contributed by atoms with Crippen LogP contribution in [0.2, 0.25) is 0 Å². The van der Waals surface area contributed by atoms with Crippen molar-refractivity contribution in [2.75, 3.05) is 4.90 Å². The molecule has 2 heterocycles. The number of pyridine rings is 1. The van der Waals surface area contributed by atoms with Crippen molar-refractivity contribution in [1.29, 1.82) is 0 Å². The predicted molar refractivity (Wildman–Crippen MR) is 66.6 cm³/mol. The summed E-state index contributed by atoms with van der Waals surface area (Å²) in [5.74, 6) is 0.563. The molecule has 4 nitrogen and oxygen atoms in total. The van der Waals surface area contributed by atoms with Crippen molar-refractivity contribution < 1.29 is 9.59 Å². The Bertz CT molecular complexity index is 623. The molecule has 1 aromatic heterocycles. The van der Waals surface area contributed by atoms with E-state index in [0.29, 0.717) is 23.5 Å². The number of nitrogens with zero attached hydrogens (tertiary/aromatic N) is 2. The van der Waals surface area contributed by atoms with Crippen LogP contribution in [0.3, 0.4) is 0 Å². The zero-order valence-corrected chi connectivity index (χ0v) is 9.54. The first-order valence-electron chi connectivity index (χ1n) is 5.60. The van der Waals surface area contributed by atoms with Crippen LogP contribution in [0.15, 0.2) is 42.6 Å². The Hall–Kier alpha value is -2.49. The Kier molecular flexibility index (Phi) is 2.41. The summed E-state index contributed by atoms with van der Waals surface area (Å²) in [6.07, 6.45) is 2.44. The number of aldehydes is 1. The topological polar surface area (TPSA) is 50.3 Å². The van der Waals surface area contributed by atoms with Crippen molar-refractivity contribution in [1.82, 2.24) is 4.98 Å². The number of aromatic nitrogens is 1. The molecule has 1 aliphatic heterocycles. The van der Waals surface area contributed by atoms with E-state index >= 15 is 0 Å². The standard InChI is InChI=1S/C14H10N2O2/c17-9-10-4-5-12-11(7-10)8-16(14(12)18)13-3-1-2-6-15-13/h1-7,9H,8H2. The van der Waals surface area contributed by atoms with Gasteiger partial charge in [-0.3, -0.25) is 14.5 Å². The maximum atomic E-state index is 12.2. The minimum absolute atomic E-state index is 0.0684. The van der Waals surface area contributed by atoms with Gasteiger partial charge in [0.2, 0.25) is 0 Å². The molecule has 0 spiro atoms. The lowest BCUT2D eigenvalue weighted by molar-refractivity contribution is 0.0995. The second kappa shape index (κ2) is 4.07. The molecular weight excluding hydrogens is 228 g/mol. The van der Waals surface area contributed by atoms with Crippen LogP contribution in [0.4, 0.5) is 5.82 Å². The molecule has 1 aliphatic rings. The lowest BCUT2D eigenvalue weighted by Gasteiger charge is -2.13. The SMILES string of the molecule is O=Cc1ccc2c(c1)CN(c1ccccn1)C2=O. The van der Waals surface area contributed by atoms with Gasteiger partial charge < -0.3 is 0 Å². The Labute approximate surface area is 104 Å². The number of carbonyl (C=O) groups excluding carboxylic acids is 2. The van der Waals surface area contributed by atoms with E-state index < -0.39 is 0 Å². The summed E-state index contributed by atoms with van der Waals surface area (Å²) in [5.41, 5.74) is 2.10. The van der Waals surface area contributed by atoms with Crippen molar-refractivity contribution in [3.05, 3.63) is 59.3 Å². The van der Waals surface area contributed by atoms with Crippen molar-refractivity contribution in [3.8, 4) is 0 Å². The number of carbonyl (C=O) groups is 2. The van der Waals surface area contributed by atoms with Crippen LogP contribution in [0.1, 0.15) is 26.3 Å². The fraction of sp³-hybridized carbons (Fsp3) is 0.0714. The lowest BCUT2D eigenvalue weighted by atomic mass is 10.1. The van der Waals surface area contributed by atoms with Gasteiger partial charge in [0.05, 0.1) is 6.54 Å². The molecule has 0 fully saturated rings. The summed E-state index contributed by atoms with van der Waals surface area (Å²) >= 11 is 0. The van der Waals surface area contributed by atoms with Gasteiger partial charge in [0.25, 0.3) is 5.91 Å².